The molecule has 0 radical (unpaired) electrons. The molecule has 0 saturated heterocycles. The summed E-state index contributed by atoms with van der Waals surface area (Å²) in [5, 5.41) is 2.77. The van der Waals surface area contributed by atoms with E-state index in [1.54, 1.807) is 9.36 Å². The average molecular weight is 316 g/mol. The fourth-order valence-corrected chi connectivity index (χ4v) is 2.54. The van der Waals surface area contributed by atoms with Crippen LogP contribution in [0, 0.1) is 6.92 Å². The van der Waals surface area contributed by atoms with Gasteiger partial charge in [0.1, 0.15) is 5.69 Å². The summed E-state index contributed by atoms with van der Waals surface area (Å²) >= 11 is 0. The Morgan fingerprint density at radius 2 is 1.78 bits per heavy atom. The molecule has 6 nitrogen and oxygen atoms in total. The average Bonchev–Trinajstić information content (AvgIpc) is 2.77. The van der Waals surface area contributed by atoms with Gasteiger partial charge in [-0.1, -0.05) is 32.0 Å². The number of likely N-dealkylation sites (N-methyl/N-ethyl adjacent to an activating group) is 1. The molecule has 1 amide bonds. The molecule has 0 spiro atoms. The van der Waals surface area contributed by atoms with Gasteiger partial charge in [-0.2, -0.15) is 0 Å². The van der Waals surface area contributed by atoms with Crippen molar-refractivity contribution in [2.45, 2.75) is 20.8 Å². The Morgan fingerprint density at radius 1 is 1.17 bits per heavy atom. The van der Waals surface area contributed by atoms with Crippen molar-refractivity contribution < 1.29 is 4.79 Å². The van der Waals surface area contributed by atoms with E-state index in [1.807, 2.05) is 63.1 Å². The van der Waals surface area contributed by atoms with Crippen molar-refractivity contribution in [3.63, 3.8) is 0 Å². The van der Waals surface area contributed by atoms with Gasteiger partial charge < -0.3 is 5.32 Å². The van der Waals surface area contributed by atoms with Gasteiger partial charge in [0.25, 0.3) is 5.56 Å². The zero-order valence-corrected chi connectivity index (χ0v) is 14.2. The molecule has 1 aromatic heterocycles. The molecule has 23 heavy (non-hydrogen) atoms. The predicted octanol–water partition coefficient (Wildman–Crippen LogP) is 1.76. The molecule has 124 valence electrons. The third-order valence-corrected chi connectivity index (χ3v) is 4.08. The molecule has 1 aromatic carbocycles. The molecule has 1 heterocycles. The third-order valence-electron chi connectivity index (χ3n) is 4.08. The fraction of sp³-hybridized carbons (Fsp3) is 0.412. The molecule has 2 aromatic rings. The largest absolute Gasteiger partial charge is 0.319 e. The lowest BCUT2D eigenvalue weighted by Gasteiger charge is -2.16. The van der Waals surface area contributed by atoms with E-state index in [1.165, 1.54) is 0 Å². The van der Waals surface area contributed by atoms with Gasteiger partial charge in [0.2, 0.25) is 5.91 Å². The number of amides is 1. The first-order valence-corrected chi connectivity index (χ1v) is 7.85. The maximum absolute atomic E-state index is 12.7. The number of nitrogens with zero attached hydrogens (tertiary/aromatic N) is 3. The second-order valence-electron chi connectivity index (χ2n) is 5.45. The van der Waals surface area contributed by atoms with Gasteiger partial charge in [-0.05, 0) is 32.1 Å². The van der Waals surface area contributed by atoms with E-state index in [0.717, 1.165) is 24.5 Å². The van der Waals surface area contributed by atoms with Crippen LogP contribution in [0.5, 0.6) is 0 Å². The van der Waals surface area contributed by atoms with Crippen molar-refractivity contribution in [1.82, 2.24) is 14.3 Å². The topological polar surface area (TPSA) is 59.3 Å². The van der Waals surface area contributed by atoms with Crippen LogP contribution in [0.1, 0.15) is 19.5 Å². The Labute approximate surface area is 136 Å². The minimum Gasteiger partial charge on any atom is -0.319 e. The van der Waals surface area contributed by atoms with Crippen LogP contribution in [-0.4, -0.2) is 39.8 Å². The third kappa shape index (κ3) is 3.53. The second-order valence-corrected chi connectivity index (χ2v) is 5.45. The minimum atomic E-state index is -0.218. The second kappa shape index (κ2) is 7.28. The number of benzene rings is 1. The van der Waals surface area contributed by atoms with Crippen LogP contribution in [0.15, 0.2) is 35.1 Å². The summed E-state index contributed by atoms with van der Waals surface area (Å²) in [6.07, 6.45) is 0. The van der Waals surface area contributed by atoms with Gasteiger partial charge in [0, 0.05) is 7.05 Å². The highest BCUT2D eigenvalue weighted by molar-refractivity contribution is 5.92. The van der Waals surface area contributed by atoms with Gasteiger partial charge in [-0.15, -0.1) is 0 Å². The molecule has 0 aliphatic rings. The molecule has 0 bridgehead atoms. The van der Waals surface area contributed by atoms with Gasteiger partial charge in [0.15, 0.2) is 0 Å². The Morgan fingerprint density at radius 3 is 2.35 bits per heavy atom. The van der Waals surface area contributed by atoms with Crippen molar-refractivity contribution in [3.05, 3.63) is 46.4 Å². The summed E-state index contributed by atoms with van der Waals surface area (Å²) in [6.45, 7) is 7.72. The van der Waals surface area contributed by atoms with E-state index >= 15 is 0 Å². The number of nitrogens with one attached hydrogen (secondary N) is 1. The smallest absolute Gasteiger partial charge is 0.295 e. The first-order valence-electron chi connectivity index (χ1n) is 7.85. The number of carbonyl (C=O) groups excluding carboxylic acids is 1. The van der Waals surface area contributed by atoms with Gasteiger partial charge in [-0.3, -0.25) is 19.2 Å². The number of aromatic nitrogens is 2. The van der Waals surface area contributed by atoms with Crippen molar-refractivity contribution in [2.24, 2.45) is 7.05 Å². The molecule has 0 unspecified atom stereocenters. The summed E-state index contributed by atoms with van der Waals surface area (Å²) in [5.74, 6) is -0.167. The fourth-order valence-electron chi connectivity index (χ4n) is 2.54. The van der Waals surface area contributed by atoms with Crippen LogP contribution in [-0.2, 0) is 11.8 Å². The van der Waals surface area contributed by atoms with E-state index in [2.05, 4.69) is 5.32 Å². The van der Waals surface area contributed by atoms with Crippen molar-refractivity contribution in [1.29, 1.82) is 0 Å². The quantitative estimate of drug-likeness (QED) is 0.883. The Hall–Kier alpha value is -2.34. The Kier molecular flexibility index (Phi) is 5.39. The lowest BCUT2D eigenvalue weighted by atomic mass is 10.3. The molecule has 0 aliphatic heterocycles. The van der Waals surface area contributed by atoms with E-state index in [0.29, 0.717) is 5.69 Å². The molecule has 0 saturated carbocycles. The number of hydrogen-bond donors (Lipinski definition) is 1. The van der Waals surface area contributed by atoms with E-state index in [-0.39, 0.29) is 18.0 Å². The normalized spacial score (nSPS) is 11.0. The predicted molar refractivity (Wildman–Crippen MR) is 92.2 cm³/mol. The van der Waals surface area contributed by atoms with Crippen LogP contribution in [0.25, 0.3) is 5.69 Å². The monoisotopic (exact) mass is 316 g/mol. The summed E-state index contributed by atoms with van der Waals surface area (Å²) in [4.78, 5) is 26.9. The first kappa shape index (κ1) is 17.0. The zero-order valence-electron chi connectivity index (χ0n) is 14.2. The lowest BCUT2D eigenvalue weighted by molar-refractivity contribution is -0.117. The molecule has 1 N–H and O–H groups in total. The van der Waals surface area contributed by atoms with Gasteiger partial charge >= 0.3 is 0 Å². The first-order chi connectivity index (χ1) is 11.0. The van der Waals surface area contributed by atoms with E-state index in [4.69, 9.17) is 0 Å². The van der Waals surface area contributed by atoms with Gasteiger partial charge in [0.05, 0.1) is 17.9 Å². The maximum atomic E-state index is 12.7. The molecular weight excluding hydrogens is 292 g/mol. The number of carbonyl (C=O) groups is 1. The summed E-state index contributed by atoms with van der Waals surface area (Å²) in [6, 6.07) is 9.38. The van der Waals surface area contributed by atoms with Crippen molar-refractivity contribution in [3.8, 4) is 5.69 Å². The summed E-state index contributed by atoms with van der Waals surface area (Å²) in [7, 11) is 1.81. The zero-order chi connectivity index (χ0) is 17.0. The molecule has 6 heteroatoms. The lowest BCUT2D eigenvalue weighted by Crippen LogP contribution is -2.34. The van der Waals surface area contributed by atoms with Crippen LogP contribution in [0.3, 0.4) is 0 Å². The standard InChI is InChI=1S/C17H24N4O2/c1-5-20(6-2)12-15(22)18-16-13(3)19(4)21(17(16)23)14-10-8-7-9-11-14/h7-11H,5-6,12H2,1-4H3,(H,18,22). The molecule has 0 aliphatic carbocycles. The number of anilines is 1. The molecule has 0 fully saturated rings. The van der Waals surface area contributed by atoms with Crippen LogP contribution >= 0.6 is 0 Å². The molecular formula is C17H24N4O2. The van der Waals surface area contributed by atoms with Crippen LogP contribution < -0.4 is 10.9 Å². The van der Waals surface area contributed by atoms with Crippen LogP contribution in [0.2, 0.25) is 0 Å². The number of para-hydroxylation sites is 1. The maximum Gasteiger partial charge on any atom is 0.295 e. The van der Waals surface area contributed by atoms with Crippen molar-refractivity contribution in [2.75, 3.05) is 25.0 Å². The van der Waals surface area contributed by atoms with Gasteiger partial charge in [-0.25, -0.2) is 4.68 Å². The summed E-state index contributed by atoms with van der Waals surface area (Å²) in [5.41, 5.74) is 1.62. The highest BCUT2D eigenvalue weighted by Gasteiger charge is 2.18. The number of rotatable bonds is 6. The van der Waals surface area contributed by atoms with E-state index < -0.39 is 0 Å². The highest BCUT2D eigenvalue weighted by Crippen LogP contribution is 2.13. The molecule has 2 rings (SSSR count). The Balaban J connectivity index is 2.31. The Bertz CT molecular complexity index is 727. The number of hydrogen-bond acceptors (Lipinski definition) is 3. The van der Waals surface area contributed by atoms with E-state index in [9.17, 15) is 9.59 Å². The minimum absolute atomic E-state index is 0.167. The molecule has 0 atom stereocenters. The highest BCUT2D eigenvalue weighted by atomic mass is 16.2. The van der Waals surface area contributed by atoms with Crippen molar-refractivity contribution >= 4 is 11.6 Å². The van der Waals surface area contributed by atoms with Crippen LogP contribution in [0.4, 0.5) is 5.69 Å². The SMILES string of the molecule is CCN(CC)CC(=O)Nc1c(C)n(C)n(-c2ccccc2)c1=O. The summed E-state index contributed by atoms with van der Waals surface area (Å²) < 4.78 is 3.31.